The first-order valence-electron chi connectivity index (χ1n) is 7.36. The fourth-order valence-corrected chi connectivity index (χ4v) is 2.31. The second kappa shape index (κ2) is 7.41. The minimum atomic E-state index is 0.175. The predicted molar refractivity (Wildman–Crippen MR) is 80.5 cm³/mol. The van der Waals surface area contributed by atoms with Gasteiger partial charge in [-0.15, -0.1) is 0 Å². The van der Waals surface area contributed by atoms with Crippen LogP contribution in [-0.2, 0) is 0 Å². The average molecular weight is 276 g/mol. The monoisotopic (exact) mass is 276 g/mol. The molecule has 4 heteroatoms. The van der Waals surface area contributed by atoms with Crippen LogP contribution in [0.5, 0.6) is 5.75 Å². The summed E-state index contributed by atoms with van der Waals surface area (Å²) in [4.78, 5) is 16.3. The molecule has 0 bridgehead atoms. The van der Waals surface area contributed by atoms with Gasteiger partial charge in [-0.2, -0.15) is 0 Å². The van der Waals surface area contributed by atoms with Crippen LogP contribution in [0.2, 0.25) is 0 Å². The number of benzene rings is 1. The number of rotatable bonds is 6. The standard InChI is InChI=1S/C16H24N2O2/c1-3-16(19)14-4-6-15(7-5-14)20-13-12-18-10-8-17(2)9-11-18/h4-7H,3,8-13H2,1-2H3. The Hall–Kier alpha value is -1.39. The Balaban J connectivity index is 1.73. The first-order valence-corrected chi connectivity index (χ1v) is 7.36. The lowest BCUT2D eigenvalue weighted by atomic mass is 10.1. The Bertz CT molecular complexity index is 423. The summed E-state index contributed by atoms with van der Waals surface area (Å²) in [6.07, 6.45) is 0.545. The van der Waals surface area contributed by atoms with Gasteiger partial charge in [-0.3, -0.25) is 9.69 Å². The summed E-state index contributed by atoms with van der Waals surface area (Å²) >= 11 is 0. The minimum absolute atomic E-state index is 0.175. The quantitative estimate of drug-likeness (QED) is 0.743. The van der Waals surface area contributed by atoms with E-state index in [0.29, 0.717) is 13.0 Å². The number of hydrogen-bond donors (Lipinski definition) is 0. The van der Waals surface area contributed by atoms with Crippen LogP contribution in [0.4, 0.5) is 0 Å². The normalized spacial score (nSPS) is 17.1. The van der Waals surface area contributed by atoms with Crippen molar-refractivity contribution >= 4 is 5.78 Å². The van der Waals surface area contributed by atoms with Crippen molar-refractivity contribution in [2.75, 3.05) is 46.4 Å². The molecule has 110 valence electrons. The summed E-state index contributed by atoms with van der Waals surface area (Å²) in [7, 11) is 2.16. The van der Waals surface area contributed by atoms with Gasteiger partial charge in [0, 0.05) is 44.7 Å². The molecule has 0 spiro atoms. The molecule has 1 fully saturated rings. The maximum atomic E-state index is 11.5. The number of Topliss-reactive ketones (excluding diaryl/α,β-unsaturated/α-hetero) is 1. The molecule has 1 aliphatic rings. The molecule has 0 saturated carbocycles. The van der Waals surface area contributed by atoms with E-state index < -0.39 is 0 Å². The molecule has 1 aromatic rings. The summed E-state index contributed by atoms with van der Waals surface area (Å²) in [6.45, 7) is 8.03. The van der Waals surface area contributed by atoms with E-state index in [2.05, 4.69) is 16.8 Å². The van der Waals surface area contributed by atoms with Crippen LogP contribution in [0, 0.1) is 0 Å². The number of hydrogen-bond acceptors (Lipinski definition) is 4. The molecular weight excluding hydrogens is 252 g/mol. The topological polar surface area (TPSA) is 32.8 Å². The number of carbonyl (C=O) groups is 1. The van der Waals surface area contributed by atoms with E-state index in [-0.39, 0.29) is 5.78 Å². The van der Waals surface area contributed by atoms with Crippen LogP contribution in [0.25, 0.3) is 0 Å². The van der Waals surface area contributed by atoms with Gasteiger partial charge in [-0.05, 0) is 31.3 Å². The van der Waals surface area contributed by atoms with Crippen LogP contribution in [-0.4, -0.2) is 62.0 Å². The van der Waals surface area contributed by atoms with Gasteiger partial charge in [0.1, 0.15) is 12.4 Å². The smallest absolute Gasteiger partial charge is 0.162 e. The predicted octanol–water partition coefficient (Wildman–Crippen LogP) is 1.91. The molecule has 0 aliphatic carbocycles. The van der Waals surface area contributed by atoms with Crippen LogP contribution >= 0.6 is 0 Å². The molecule has 0 N–H and O–H groups in total. The third-order valence-electron chi connectivity index (χ3n) is 3.77. The highest BCUT2D eigenvalue weighted by atomic mass is 16.5. The maximum absolute atomic E-state index is 11.5. The van der Waals surface area contributed by atoms with Crippen molar-refractivity contribution in [3.63, 3.8) is 0 Å². The number of ketones is 1. The van der Waals surface area contributed by atoms with Crippen molar-refractivity contribution in [2.24, 2.45) is 0 Å². The molecule has 1 aromatic carbocycles. The molecule has 1 heterocycles. The van der Waals surface area contributed by atoms with Gasteiger partial charge in [0.15, 0.2) is 5.78 Å². The third-order valence-corrected chi connectivity index (χ3v) is 3.77. The lowest BCUT2D eigenvalue weighted by molar-refractivity contribution is 0.0988. The summed E-state index contributed by atoms with van der Waals surface area (Å²) < 4.78 is 5.74. The molecule has 0 amide bonds. The Morgan fingerprint density at radius 3 is 2.40 bits per heavy atom. The van der Waals surface area contributed by atoms with E-state index in [1.54, 1.807) is 0 Å². The summed E-state index contributed by atoms with van der Waals surface area (Å²) in [6, 6.07) is 7.45. The van der Waals surface area contributed by atoms with Crippen LogP contribution in [0.3, 0.4) is 0 Å². The molecule has 0 aromatic heterocycles. The number of carbonyl (C=O) groups excluding carboxylic acids is 1. The fraction of sp³-hybridized carbons (Fsp3) is 0.562. The van der Waals surface area contributed by atoms with E-state index in [4.69, 9.17) is 4.74 Å². The van der Waals surface area contributed by atoms with Gasteiger partial charge in [-0.1, -0.05) is 6.92 Å². The number of ether oxygens (including phenoxy) is 1. The molecule has 0 unspecified atom stereocenters. The van der Waals surface area contributed by atoms with Crippen molar-refractivity contribution in [1.29, 1.82) is 0 Å². The SMILES string of the molecule is CCC(=O)c1ccc(OCCN2CCN(C)CC2)cc1. The summed E-state index contributed by atoms with van der Waals surface area (Å²) in [5.41, 5.74) is 0.763. The summed E-state index contributed by atoms with van der Waals surface area (Å²) in [5, 5.41) is 0. The maximum Gasteiger partial charge on any atom is 0.162 e. The van der Waals surface area contributed by atoms with Gasteiger partial charge >= 0.3 is 0 Å². The first-order chi connectivity index (χ1) is 9.69. The zero-order valence-electron chi connectivity index (χ0n) is 12.5. The molecule has 20 heavy (non-hydrogen) atoms. The van der Waals surface area contributed by atoms with Crippen molar-refractivity contribution in [3.8, 4) is 5.75 Å². The Labute approximate surface area is 121 Å². The van der Waals surface area contributed by atoms with E-state index in [1.807, 2.05) is 31.2 Å². The molecule has 2 rings (SSSR count). The van der Waals surface area contributed by atoms with Gasteiger partial charge in [0.2, 0.25) is 0 Å². The Morgan fingerprint density at radius 1 is 1.15 bits per heavy atom. The van der Waals surface area contributed by atoms with E-state index >= 15 is 0 Å². The largest absolute Gasteiger partial charge is 0.492 e. The highest BCUT2D eigenvalue weighted by Crippen LogP contribution is 2.13. The van der Waals surface area contributed by atoms with E-state index in [0.717, 1.165) is 44.0 Å². The zero-order chi connectivity index (χ0) is 14.4. The van der Waals surface area contributed by atoms with Crippen molar-refractivity contribution in [1.82, 2.24) is 9.80 Å². The van der Waals surface area contributed by atoms with Crippen LogP contribution in [0.15, 0.2) is 24.3 Å². The Morgan fingerprint density at radius 2 is 1.80 bits per heavy atom. The first kappa shape index (κ1) is 15.0. The van der Waals surface area contributed by atoms with Crippen LogP contribution < -0.4 is 4.74 Å². The second-order valence-corrected chi connectivity index (χ2v) is 5.29. The number of nitrogens with zero attached hydrogens (tertiary/aromatic N) is 2. The lowest BCUT2D eigenvalue weighted by Gasteiger charge is -2.32. The van der Waals surface area contributed by atoms with Gasteiger partial charge in [-0.25, -0.2) is 0 Å². The van der Waals surface area contributed by atoms with Gasteiger partial charge < -0.3 is 9.64 Å². The molecular formula is C16H24N2O2. The molecule has 4 nitrogen and oxygen atoms in total. The molecule has 1 saturated heterocycles. The molecule has 0 atom stereocenters. The van der Waals surface area contributed by atoms with Gasteiger partial charge in [0.25, 0.3) is 0 Å². The van der Waals surface area contributed by atoms with Gasteiger partial charge in [0.05, 0.1) is 0 Å². The number of likely N-dealkylation sites (N-methyl/N-ethyl adjacent to an activating group) is 1. The molecule has 0 radical (unpaired) electrons. The highest BCUT2D eigenvalue weighted by molar-refractivity contribution is 5.95. The van der Waals surface area contributed by atoms with Crippen molar-refractivity contribution in [2.45, 2.75) is 13.3 Å². The summed E-state index contributed by atoms with van der Waals surface area (Å²) in [5.74, 6) is 1.01. The highest BCUT2D eigenvalue weighted by Gasteiger charge is 2.13. The van der Waals surface area contributed by atoms with Crippen molar-refractivity contribution in [3.05, 3.63) is 29.8 Å². The minimum Gasteiger partial charge on any atom is -0.492 e. The third kappa shape index (κ3) is 4.32. The van der Waals surface area contributed by atoms with E-state index in [1.165, 1.54) is 0 Å². The molecule has 1 aliphatic heterocycles. The Kier molecular flexibility index (Phi) is 5.56. The average Bonchev–Trinajstić information content (AvgIpc) is 2.49. The fourth-order valence-electron chi connectivity index (χ4n) is 2.31. The van der Waals surface area contributed by atoms with Crippen LogP contribution in [0.1, 0.15) is 23.7 Å². The lowest BCUT2D eigenvalue weighted by Crippen LogP contribution is -2.45. The second-order valence-electron chi connectivity index (χ2n) is 5.29. The van der Waals surface area contributed by atoms with E-state index in [9.17, 15) is 4.79 Å². The van der Waals surface area contributed by atoms with Crippen molar-refractivity contribution < 1.29 is 9.53 Å². The zero-order valence-corrected chi connectivity index (χ0v) is 12.5. The number of piperazine rings is 1.